The first-order chi connectivity index (χ1) is 18.5. The summed E-state index contributed by atoms with van der Waals surface area (Å²) in [5, 5.41) is 2.51. The summed E-state index contributed by atoms with van der Waals surface area (Å²) in [7, 11) is 1.24. The van der Waals surface area contributed by atoms with Gasteiger partial charge >= 0.3 is 6.61 Å². The molecule has 0 spiro atoms. The second-order valence-corrected chi connectivity index (χ2v) is 8.85. The highest BCUT2D eigenvalue weighted by Crippen LogP contribution is 2.36. The lowest BCUT2D eigenvalue weighted by molar-refractivity contribution is -0.118. The zero-order valence-electron chi connectivity index (χ0n) is 21.2. The predicted molar refractivity (Wildman–Crippen MR) is 133 cm³/mol. The minimum Gasteiger partial charge on any atom is -0.497 e. The number of amides is 2. The van der Waals surface area contributed by atoms with Crippen LogP contribution in [-0.4, -0.2) is 42.7 Å². The van der Waals surface area contributed by atoms with Gasteiger partial charge in [0.2, 0.25) is 5.91 Å². The van der Waals surface area contributed by atoms with E-state index in [-0.39, 0.29) is 29.3 Å². The maximum atomic E-state index is 15.2. The number of aryl methyl sites for hydroxylation is 2. The molecule has 2 aromatic carbocycles. The summed E-state index contributed by atoms with van der Waals surface area (Å²) in [6.07, 6.45) is 1.57. The van der Waals surface area contributed by atoms with Gasteiger partial charge in [0.1, 0.15) is 34.9 Å². The van der Waals surface area contributed by atoms with Gasteiger partial charge in [-0.2, -0.15) is 8.78 Å². The van der Waals surface area contributed by atoms with E-state index >= 15 is 8.78 Å². The van der Waals surface area contributed by atoms with Crippen LogP contribution in [-0.2, 0) is 11.3 Å². The predicted octanol–water partition coefficient (Wildman–Crippen LogP) is 3.99. The summed E-state index contributed by atoms with van der Waals surface area (Å²) in [5.74, 6) is -5.00. The van der Waals surface area contributed by atoms with Crippen LogP contribution in [0.2, 0.25) is 0 Å². The number of carbonyl (C=O) groups is 2. The Morgan fingerprint density at radius 1 is 1.08 bits per heavy atom. The molecule has 1 aliphatic heterocycles. The number of rotatable bonds is 8. The number of methoxy groups -OCH3 is 1. The van der Waals surface area contributed by atoms with Gasteiger partial charge in [-0.15, -0.1) is 0 Å². The lowest BCUT2D eigenvalue weighted by Crippen LogP contribution is -2.44. The van der Waals surface area contributed by atoms with Crippen molar-refractivity contribution in [3.63, 3.8) is 0 Å². The second kappa shape index (κ2) is 11.2. The van der Waals surface area contributed by atoms with Crippen molar-refractivity contribution < 1.29 is 36.6 Å². The van der Waals surface area contributed by atoms with E-state index in [2.05, 4.69) is 10.1 Å². The van der Waals surface area contributed by atoms with Crippen molar-refractivity contribution >= 4 is 17.5 Å². The quantitative estimate of drug-likeness (QED) is 0.431. The molecule has 3 aromatic rings. The summed E-state index contributed by atoms with van der Waals surface area (Å²) in [5.41, 5.74) is -0.437. The number of halogens is 4. The first-order valence-corrected chi connectivity index (χ1v) is 12.0. The smallest absolute Gasteiger partial charge is 0.387 e. The van der Waals surface area contributed by atoms with Crippen molar-refractivity contribution in [2.24, 2.45) is 0 Å². The molecular formula is C27H25F4N3O5. The van der Waals surface area contributed by atoms with Crippen molar-refractivity contribution in [2.75, 3.05) is 18.6 Å². The maximum absolute atomic E-state index is 15.2. The van der Waals surface area contributed by atoms with Crippen LogP contribution in [0.25, 0.3) is 0 Å². The molecule has 1 aliphatic rings. The first-order valence-electron chi connectivity index (χ1n) is 12.0. The highest BCUT2D eigenvalue weighted by Gasteiger charge is 2.46. The summed E-state index contributed by atoms with van der Waals surface area (Å²) in [6, 6.07) is 6.81. The van der Waals surface area contributed by atoms with Gasteiger partial charge in [0, 0.05) is 48.5 Å². The van der Waals surface area contributed by atoms with Crippen LogP contribution >= 0.6 is 0 Å². The number of hydrogen-bond donors (Lipinski definition) is 1. The Morgan fingerprint density at radius 2 is 1.72 bits per heavy atom. The Hall–Kier alpha value is -4.35. The molecule has 1 fully saturated rings. The molecule has 1 unspecified atom stereocenters. The molecule has 8 nitrogen and oxygen atoms in total. The number of hydrogen-bond acceptors (Lipinski definition) is 5. The third kappa shape index (κ3) is 5.45. The molecule has 0 bridgehead atoms. The minimum absolute atomic E-state index is 0.0125. The van der Waals surface area contributed by atoms with Crippen LogP contribution in [0.4, 0.5) is 23.2 Å². The molecule has 39 heavy (non-hydrogen) atoms. The van der Waals surface area contributed by atoms with Crippen molar-refractivity contribution in [1.29, 1.82) is 0 Å². The highest BCUT2D eigenvalue weighted by molar-refractivity contribution is 6.05. The average Bonchev–Trinajstić information content (AvgIpc) is 3.18. The molecule has 0 radical (unpaired) electrons. The van der Waals surface area contributed by atoms with Gasteiger partial charge in [-0.05, 0) is 49.7 Å². The molecule has 2 atom stereocenters. The van der Waals surface area contributed by atoms with E-state index < -0.39 is 53.1 Å². The summed E-state index contributed by atoms with van der Waals surface area (Å²) < 4.78 is 65.8. The Kier molecular flexibility index (Phi) is 7.93. The molecule has 1 aromatic heterocycles. The van der Waals surface area contributed by atoms with Gasteiger partial charge in [-0.3, -0.25) is 14.4 Å². The van der Waals surface area contributed by atoms with E-state index in [9.17, 15) is 23.2 Å². The number of nitrogens with zero attached hydrogens (tertiary/aromatic N) is 2. The number of carbonyl (C=O) groups excluding carboxylic acids is 2. The molecule has 0 aliphatic carbocycles. The number of pyridine rings is 1. The molecule has 4 rings (SSSR count). The average molecular weight is 548 g/mol. The van der Waals surface area contributed by atoms with Crippen LogP contribution in [0.1, 0.15) is 34.3 Å². The third-order valence-corrected chi connectivity index (χ3v) is 6.55. The van der Waals surface area contributed by atoms with Gasteiger partial charge in [-0.1, -0.05) is 0 Å². The zero-order valence-corrected chi connectivity index (χ0v) is 21.2. The Bertz CT molecular complexity index is 1440. The van der Waals surface area contributed by atoms with Crippen molar-refractivity contribution in [3.05, 3.63) is 87.3 Å². The lowest BCUT2D eigenvalue weighted by atomic mass is 9.92. The van der Waals surface area contributed by atoms with E-state index in [1.54, 1.807) is 26.1 Å². The van der Waals surface area contributed by atoms with E-state index in [1.807, 2.05) is 0 Å². The van der Waals surface area contributed by atoms with Gasteiger partial charge in [0.25, 0.3) is 11.5 Å². The van der Waals surface area contributed by atoms with Crippen molar-refractivity contribution in [1.82, 2.24) is 9.88 Å². The minimum atomic E-state index is -3.06. The van der Waals surface area contributed by atoms with Crippen LogP contribution in [0.3, 0.4) is 0 Å². The molecule has 2 amide bonds. The molecular weight excluding hydrogens is 522 g/mol. The summed E-state index contributed by atoms with van der Waals surface area (Å²) >= 11 is 0. The lowest BCUT2D eigenvalue weighted by Gasteiger charge is -2.20. The van der Waals surface area contributed by atoms with E-state index in [0.717, 1.165) is 29.2 Å². The monoisotopic (exact) mass is 547 g/mol. The summed E-state index contributed by atoms with van der Waals surface area (Å²) in [4.78, 5) is 41.0. The van der Waals surface area contributed by atoms with Gasteiger partial charge in [0.15, 0.2) is 0 Å². The van der Waals surface area contributed by atoms with Gasteiger partial charge < -0.3 is 24.3 Å². The zero-order chi connectivity index (χ0) is 28.4. The molecule has 12 heteroatoms. The van der Waals surface area contributed by atoms with Crippen LogP contribution in [0, 0.1) is 18.6 Å². The van der Waals surface area contributed by atoms with E-state index in [4.69, 9.17) is 4.74 Å². The normalized spacial score (nSPS) is 17.0. The van der Waals surface area contributed by atoms with Crippen LogP contribution in [0.5, 0.6) is 11.5 Å². The Morgan fingerprint density at radius 3 is 2.28 bits per heavy atom. The van der Waals surface area contributed by atoms with Gasteiger partial charge in [-0.25, -0.2) is 8.78 Å². The molecule has 206 valence electrons. The SMILES string of the molecule is CCn1ccc(C)c(N2C[C@@H](c3c(F)cc(OC)cc3F)C(NC(=O)c3ccc(OC(F)F)cc3)C2=O)c1=O. The summed E-state index contributed by atoms with van der Waals surface area (Å²) in [6.45, 7) is 0.348. The molecule has 2 heterocycles. The largest absolute Gasteiger partial charge is 0.497 e. The number of ether oxygens (including phenoxy) is 2. The van der Waals surface area contributed by atoms with Crippen LogP contribution in [0.15, 0.2) is 53.5 Å². The Balaban J connectivity index is 1.75. The van der Waals surface area contributed by atoms with E-state index in [1.165, 1.54) is 23.8 Å². The number of nitrogens with one attached hydrogen (secondary N) is 1. The van der Waals surface area contributed by atoms with Gasteiger partial charge in [0.05, 0.1) is 7.11 Å². The highest BCUT2D eigenvalue weighted by atomic mass is 19.3. The molecule has 0 saturated carbocycles. The standard InChI is InChI=1S/C27H25F4N3O5/c1-4-33-10-9-14(2)23(26(33)37)34-13-18(21-19(28)11-17(38-3)12-20(21)29)22(25(34)36)32-24(35)15-5-7-16(8-6-15)39-27(30)31/h5-12,18,22,27H,4,13H2,1-3H3,(H,32,35)/t18-,22?/m0/s1. The van der Waals surface area contributed by atoms with E-state index in [0.29, 0.717) is 12.1 Å². The molecule has 1 N–H and O–H groups in total. The molecule has 1 saturated heterocycles. The van der Waals surface area contributed by atoms with Crippen LogP contribution < -0.4 is 25.2 Å². The number of alkyl halides is 2. The maximum Gasteiger partial charge on any atom is 0.387 e. The fourth-order valence-corrected chi connectivity index (χ4v) is 4.63. The van der Waals surface area contributed by atoms with Crippen molar-refractivity contribution in [2.45, 2.75) is 39.0 Å². The topological polar surface area (TPSA) is 89.9 Å². The number of aromatic nitrogens is 1. The third-order valence-electron chi connectivity index (χ3n) is 6.55. The number of anilines is 1. The second-order valence-electron chi connectivity index (χ2n) is 8.85. The first kappa shape index (κ1) is 27.7. The fourth-order valence-electron chi connectivity index (χ4n) is 4.63. The Labute approximate surface area is 220 Å². The number of benzene rings is 2. The van der Waals surface area contributed by atoms with Crippen molar-refractivity contribution in [3.8, 4) is 11.5 Å². The fraction of sp³-hybridized carbons (Fsp3) is 0.296.